The van der Waals surface area contributed by atoms with Gasteiger partial charge < -0.3 is 9.73 Å². The van der Waals surface area contributed by atoms with Crippen molar-refractivity contribution in [1.82, 2.24) is 5.32 Å². The normalized spacial score (nSPS) is 12.9. The quantitative estimate of drug-likeness (QED) is 0.763. The van der Waals surface area contributed by atoms with Gasteiger partial charge in [0.05, 0.1) is 21.1 Å². The molecule has 0 spiro atoms. The van der Waals surface area contributed by atoms with Crippen molar-refractivity contribution >= 4 is 54.8 Å². The zero-order valence-electron chi connectivity index (χ0n) is 8.97. The van der Waals surface area contributed by atoms with Crippen molar-refractivity contribution in [3.8, 4) is 0 Å². The molecular weight excluding hydrogens is 389 g/mol. The first-order chi connectivity index (χ1) is 8.13. The molecule has 6 heteroatoms. The highest BCUT2D eigenvalue weighted by molar-refractivity contribution is 9.11. The largest absolute Gasteiger partial charge is 0.457 e. The summed E-state index contributed by atoms with van der Waals surface area (Å²) >= 11 is 14.6. The summed E-state index contributed by atoms with van der Waals surface area (Å²) in [7, 11) is 0. The van der Waals surface area contributed by atoms with Crippen LogP contribution in [0.15, 0.2) is 31.3 Å². The molecule has 1 N–H and O–H groups in total. The molecule has 2 nitrogen and oxygen atoms in total. The summed E-state index contributed by atoms with van der Waals surface area (Å²) < 4.78 is 7.00. The second-order valence-corrected chi connectivity index (χ2v) is 6.94. The van der Waals surface area contributed by atoms with Crippen molar-refractivity contribution in [2.75, 3.05) is 6.54 Å². The van der Waals surface area contributed by atoms with Crippen LogP contribution in [0.4, 0.5) is 0 Å². The molecule has 0 radical (unpaired) electrons. The number of halogens is 3. The van der Waals surface area contributed by atoms with Crippen LogP contribution in [-0.2, 0) is 0 Å². The van der Waals surface area contributed by atoms with Gasteiger partial charge in [-0.1, -0.05) is 18.5 Å². The molecule has 2 heterocycles. The van der Waals surface area contributed by atoms with Crippen LogP contribution in [0.1, 0.15) is 23.4 Å². The first-order valence-electron chi connectivity index (χ1n) is 5.04. The third kappa shape index (κ3) is 2.96. The molecule has 0 fully saturated rings. The van der Waals surface area contributed by atoms with Crippen molar-refractivity contribution in [2.24, 2.45) is 0 Å². The van der Waals surface area contributed by atoms with Gasteiger partial charge in [-0.25, -0.2) is 0 Å². The van der Waals surface area contributed by atoms with E-state index in [-0.39, 0.29) is 6.04 Å². The number of rotatable bonds is 4. The van der Waals surface area contributed by atoms with Crippen LogP contribution in [0, 0.1) is 0 Å². The first kappa shape index (κ1) is 13.6. The Kier molecular flexibility index (Phi) is 4.72. The maximum Gasteiger partial charge on any atom is 0.174 e. The zero-order valence-corrected chi connectivity index (χ0v) is 13.7. The Hall–Kier alpha value is 0.190. The SMILES string of the molecule is CCNC(c1cc(Cl)c(Br)s1)c1ccoc1Br. The average Bonchev–Trinajstić information content (AvgIpc) is 2.83. The van der Waals surface area contributed by atoms with E-state index in [1.807, 2.05) is 12.1 Å². The molecule has 0 saturated heterocycles. The van der Waals surface area contributed by atoms with E-state index in [0.717, 1.165) is 30.5 Å². The van der Waals surface area contributed by atoms with Gasteiger partial charge in [-0.15, -0.1) is 11.3 Å². The summed E-state index contributed by atoms with van der Waals surface area (Å²) in [5, 5.41) is 4.17. The molecule has 0 saturated carbocycles. The number of hydrogen-bond donors (Lipinski definition) is 1. The molecule has 0 bridgehead atoms. The van der Waals surface area contributed by atoms with Crippen LogP contribution in [0.25, 0.3) is 0 Å². The van der Waals surface area contributed by atoms with Crippen molar-refractivity contribution in [1.29, 1.82) is 0 Å². The van der Waals surface area contributed by atoms with Crippen molar-refractivity contribution in [3.05, 3.63) is 42.3 Å². The van der Waals surface area contributed by atoms with Crippen LogP contribution in [0.3, 0.4) is 0 Å². The van der Waals surface area contributed by atoms with E-state index in [1.165, 1.54) is 0 Å². The van der Waals surface area contributed by atoms with E-state index in [2.05, 4.69) is 44.1 Å². The predicted octanol–water partition coefficient (Wildman–Crippen LogP) is 5.22. The van der Waals surface area contributed by atoms with E-state index in [1.54, 1.807) is 17.6 Å². The summed E-state index contributed by atoms with van der Waals surface area (Å²) in [6.45, 7) is 2.95. The molecule has 92 valence electrons. The van der Waals surface area contributed by atoms with E-state index in [9.17, 15) is 0 Å². The highest BCUT2D eigenvalue weighted by atomic mass is 79.9. The molecule has 2 rings (SSSR count). The van der Waals surface area contributed by atoms with Gasteiger partial charge in [0.2, 0.25) is 0 Å². The van der Waals surface area contributed by atoms with Gasteiger partial charge in [-0.05, 0) is 50.5 Å². The number of thiophene rings is 1. The lowest BCUT2D eigenvalue weighted by Gasteiger charge is -2.15. The topological polar surface area (TPSA) is 25.2 Å². The van der Waals surface area contributed by atoms with Crippen molar-refractivity contribution in [2.45, 2.75) is 13.0 Å². The summed E-state index contributed by atoms with van der Waals surface area (Å²) in [6.07, 6.45) is 1.67. The lowest BCUT2D eigenvalue weighted by Crippen LogP contribution is -2.20. The third-order valence-electron chi connectivity index (χ3n) is 2.31. The predicted molar refractivity (Wildman–Crippen MR) is 79.0 cm³/mol. The number of hydrogen-bond acceptors (Lipinski definition) is 3. The second kappa shape index (κ2) is 5.89. The lowest BCUT2D eigenvalue weighted by atomic mass is 10.1. The highest BCUT2D eigenvalue weighted by Crippen LogP contribution is 2.39. The maximum absolute atomic E-state index is 6.08. The van der Waals surface area contributed by atoms with Gasteiger partial charge >= 0.3 is 0 Å². The Morgan fingerprint density at radius 1 is 1.53 bits per heavy atom. The van der Waals surface area contributed by atoms with E-state index < -0.39 is 0 Å². The van der Waals surface area contributed by atoms with Gasteiger partial charge in [0.25, 0.3) is 0 Å². The first-order valence-corrected chi connectivity index (χ1v) is 7.82. The van der Waals surface area contributed by atoms with Gasteiger partial charge in [0.15, 0.2) is 4.67 Å². The number of furan rings is 1. The fraction of sp³-hybridized carbons (Fsp3) is 0.273. The van der Waals surface area contributed by atoms with Gasteiger partial charge in [0.1, 0.15) is 0 Å². The molecule has 1 unspecified atom stereocenters. The van der Waals surface area contributed by atoms with Crippen LogP contribution in [-0.4, -0.2) is 6.54 Å². The monoisotopic (exact) mass is 397 g/mol. The van der Waals surface area contributed by atoms with Gasteiger partial charge in [-0.2, -0.15) is 0 Å². The molecule has 2 aromatic heterocycles. The lowest BCUT2D eigenvalue weighted by molar-refractivity contribution is 0.527. The van der Waals surface area contributed by atoms with Gasteiger partial charge in [0, 0.05) is 10.4 Å². The van der Waals surface area contributed by atoms with Crippen LogP contribution in [0.2, 0.25) is 5.02 Å². The van der Waals surface area contributed by atoms with Crippen LogP contribution in [0.5, 0.6) is 0 Å². The van der Waals surface area contributed by atoms with Crippen LogP contribution < -0.4 is 5.32 Å². The smallest absolute Gasteiger partial charge is 0.174 e. The molecule has 1 atom stereocenters. The Labute approximate surface area is 126 Å². The van der Waals surface area contributed by atoms with E-state index >= 15 is 0 Å². The summed E-state index contributed by atoms with van der Waals surface area (Å²) in [5.74, 6) is 0. The molecule has 0 aliphatic rings. The Balaban J connectivity index is 2.39. The molecule has 2 aromatic rings. The molecule has 0 amide bonds. The summed E-state index contributed by atoms with van der Waals surface area (Å²) in [5.41, 5.74) is 1.08. The molecule has 0 aliphatic heterocycles. The number of nitrogens with one attached hydrogen (secondary N) is 1. The van der Waals surface area contributed by atoms with Gasteiger partial charge in [-0.3, -0.25) is 0 Å². The maximum atomic E-state index is 6.08. The zero-order chi connectivity index (χ0) is 12.4. The third-order valence-corrected chi connectivity index (χ3v) is 5.50. The summed E-state index contributed by atoms with van der Waals surface area (Å²) in [6, 6.07) is 4.03. The Morgan fingerprint density at radius 2 is 2.29 bits per heavy atom. The Bertz CT molecular complexity index is 492. The minimum absolute atomic E-state index is 0.0990. The standard InChI is InChI=1S/C11H10Br2ClNOS/c1-2-15-9(6-3-4-16-10(6)12)8-5-7(14)11(13)17-8/h3-5,9,15H,2H2,1H3. The molecule has 17 heavy (non-hydrogen) atoms. The molecular formula is C11H10Br2ClNOS. The van der Waals surface area contributed by atoms with Crippen LogP contribution >= 0.6 is 54.8 Å². The van der Waals surface area contributed by atoms with Crippen molar-refractivity contribution < 1.29 is 4.42 Å². The fourth-order valence-corrected chi connectivity index (χ4v) is 3.89. The average molecular weight is 400 g/mol. The van der Waals surface area contributed by atoms with Crippen molar-refractivity contribution in [3.63, 3.8) is 0 Å². The summed E-state index contributed by atoms with van der Waals surface area (Å²) in [4.78, 5) is 1.16. The second-order valence-electron chi connectivity index (χ2n) is 3.41. The molecule has 0 aliphatic carbocycles. The highest BCUT2D eigenvalue weighted by Gasteiger charge is 2.20. The molecule has 0 aromatic carbocycles. The van der Waals surface area contributed by atoms with E-state index in [4.69, 9.17) is 16.0 Å². The fourth-order valence-electron chi connectivity index (χ4n) is 1.58. The minimum atomic E-state index is 0.0990. The Morgan fingerprint density at radius 3 is 2.76 bits per heavy atom. The minimum Gasteiger partial charge on any atom is -0.457 e. The van der Waals surface area contributed by atoms with E-state index in [0.29, 0.717) is 0 Å².